The molecule has 0 saturated carbocycles. The number of nitrogens with one attached hydrogen (secondary N) is 1. The number of methoxy groups -OCH3 is 1. The quantitative estimate of drug-likeness (QED) is 0.688. The minimum Gasteiger partial charge on any atom is -0.497 e. The van der Waals surface area contributed by atoms with Gasteiger partial charge in [0.1, 0.15) is 17.9 Å². The normalized spacial score (nSPS) is 11.2. The number of aryl methyl sites for hydroxylation is 1. The van der Waals surface area contributed by atoms with Crippen molar-refractivity contribution in [3.05, 3.63) is 30.6 Å². The van der Waals surface area contributed by atoms with E-state index in [0.29, 0.717) is 5.92 Å². The maximum atomic E-state index is 5.21. The Kier molecular flexibility index (Phi) is 4.89. The number of benzene rings is 1. The Morgan fingerprint density at radius 2 is 1.96 bits per heavy atom. The number of rotatable bonds is 6. The number of ether oxygens (including phenoxy) is 1. The van der Waals surface area contributed by atoms with Crippen LogP contribution in [0.25, 0.3) is 22.6 Å². The zero-order chi connectivity index (χ0) is 17.1. The Morgan fingerprint density at radius 3 is 2.62 bits per heavy atom. The summed E-state index contributed by atoms with van der Waals surface area (Å²) in [7, 11) is 3.62. The third kappa shape index (κ3) is 3.31. The molecule has 0 unspecified atom stereocenters. The van der Waals surface area contributed by atoms with E-state index in [0.717, 1.165) is 39.9 Å². The molecule has 3 rings (SSSR count). The van der Waals surface area contributed by atoms with Gasteiger partial charge in [0.05, 0.1) is 7.11 Å². The fourth-order valence-corrected chi connectivity index (χ4v) is 3.05. The topological polar surface area (TPSA) is 64.9 Å². The Hall–Kier alpha value is -2.28. The fraction of sp³-hybridized carbons (Fsp3) is 0.353. The van der Waals surface area contributed by atoms with Gasteiger partial charge in [0.25, 0.3) is 0 Å². The van der Waals surface area contributed by atoms with Crippen LogP contribution in [0, 0.1) is 5.92 Å². The SMILES string of the molecule is COc1ccc(-c2nc3c(NSCC(C)C)ncnc3n2C)cc1. The van der Waals surface area contributed by atoms with Gasteiger partial charge in [-0.1, -0.05) is 25.8 Å². The van der Waals surface area contributed by atoms with E-state index in [2.05, 4.69) is 28.5 Å². The largest absolute Gasteiger partial charge is 0.497 e. The molecule has 0 fully saturated rings. The van der Waals surface area contributed by atoms with Crippen molar-refractivity contribution in [2.75, 3.05) is 17.6 Å². The first-order valence-corrected chi connectivity index (χ1v) is 8.78. The highest BCUT2D eigenvalue weighted by molar-refractivity contribution is 8.00. The first-order chi connectivity index (χ1) is 11.6. The summed E-state index contributed by atoms with van der Waals surface area (Å²) >= 11 is 1.64. The summed E-state index contributed by atoms with van der Waals surface area (Å²) in [6.07, 6.45) is 1.57. The van der Waals surface area contributed by atoms with E-state index in [1.54, 1.807) is 25.4 Å². The van der Waals surface area contributed by atoms with Crippen LogP contribution >= 0.6 is 11.9 Å². The zero-order valence-corrected chi connectivity index (χ0v) is 15.1. The van der Waals surface area contributed by atoms with Gasteiger partial charge in [-0.2, -0.15) is 0 Å². The average molecular weight is 343 g/mol. The summed E-state index contributed by atoms with van der Waals surface area (Å²) in [5, 5.41) is 0. The Morgan fingerprint density at radius 1 is 1.21 bits per heavy atom. The molecule has 0 saturated heterocycles. The summed E-state index contributed by atoms with van der Waals surface area (Å²) in [6, 6.07) is 7.85. The summed E-state index contributed by atoms with van der Waals surface area (Å²) in [6.45, 7) is 4.37. The van der Waals surface area contributed by atoms with Crippen molar-refractivity contribution in [3.63, 3.8) is 0 Å². The molecule has 2 aromatic heterocycles. The van der Waals surface area contributed by atoms with Gasteiger partial charge in [-0.05, 0) is 30.2 Å². The molecule has 0 aliphatic carbocycles. The molecule has 0 aliphatic rings. The highest BCUT2D eigenvalue weighted by Gasteiger charge is 2.15. The molecule has 1 aromatic carbocycles. The predicted octanol–water partition coefficient (Wildman–Crippen LogP) is 3.76. The van der Waals surface area contributed by atoms with Crippen LogP contribution in [0.4, 0.5) is 5.82 Å². The fourth-order valence-electron chi connectivity index (χ4n) is 2.35. The average Bonchev–Trinajstić information content (AvgIpc) is 2.93. The van der Waals surface area contributed by atoms with E-state index in [4.69, 9.17) is 9.72 Å². The van der Waals surface area contributed by atoms with Gasteiger partial charge in [0.15, 0.2) is 17.0 Å². The lowest BCUT2D eigenvalue weighted by Gasteiger charge is -2.06. The van der Waals surface area contributed by atoms with E-state index in [9.17, 15) is 0 Å². The van der Waals surface area contributed by atoms with Gasteiger partial charge in [0, 0.05) is 18.4 Å². The summed E-state index contributed by atoms with van der Waals surface area (Å²) < 4.78 is 10.5. The van der Waals surface area contributed by atoms with E-state index in [-0.39, 0.29) is 0 Å². The molecule has 0 radical (unpaired) electrons. The molecule has 126 valence electrons. The second kappa shape index (κ2) is 7.09. The maximum absolute atomic E-state index is 5.21. The van der Waals surface area contributed by atoms with Gasteiger partial charge >= 0.3 is 0 Å². The van der Waals surface area contributed by atoms with Crippen LogP contribution in [0.15, 0.2) is 30.6 Å². The van der Waals surface area contributed by atoms with Crippen molar-refractivity contribution < 1.29 is 4.74 Å². The van der Waals surface area contributed by atoms with Gasteiger partial charge in [0.2, 0.25) is 0 Å². The predicted molar refractivity (Wildman–Crippen MR) is 99.2 cm³/mol. The highest BCUT2D eigenvalue weighted by atomic mass is 32.2. The third-order valence-corrected chi connectivity index (χ3v) is 4.76. The molecule has 6 nitrogen and oxygen atoms in total. The smallest absolute Gasteiger partial charge is 0.167 e. The third-order valence-electron chi connectivity index (χ3n) is 3.59. The number of anilines is 1. The van der Waals surface area contributed by atoms with Crippen molar-refractivity contribution in [1.29, 1.82) is 0 Å². The van der Waals surface area contributed by atoms with Crippen LogP contribution in [-0.4, -0.2) is 32.4 Å². The lowest BCUT2D eigenvalue weighted by molar-refractivity contribution is 0.415. The molecule has 0 spiro atoms. The van der Waals surface area contributed by atoms with Crippen molar-refractivity contribution in [2.24, 2.45) is 13.0 Å². The molecule has 1 N–H and O–H groups in total. The molecule has 3 aromatic rings. The second-order valence-electron chi connectivity index (χ2n) is 5.92. The Labute approximate surface area is 145 Å². The minimum atomic E-state index is 0.610. The van der Waals surface area contributed by atoms with Crippen LogP contribution in [-0.2, 0) is 7.05 Å². The second-order valence-corrected chi connectivity index (χ2v) is 6.75. The molecule has 0 atom stereocenters. The lowest BCUT2D eigenvalue weighted by Crippen LogP contribution is -1.99. The number of nitrogens with zero attached hydrogens (tertiary/aromatic N) is 4. The molecule has 0 aliphatic heterocycles. The van der Waals surface area contributed by atoms with Crippen molar-refractivity contribution >= 4 is 28.9 Å². The number of aromatic nitrogens is 4. The molecule has 0 amide bonds. The number of imidazole rings is 1. The first kappa shape index (κ1) is 16.6. The number of hydrogen-bond donors (Lipinski definition) is 1. The molecular formula is C17H21N5OS. The Bertz CT molecular complexity index is 829. The van der Waals surface area contributed by atoms with Gasteiger partial charge in [-0.15, -0.1) is 0 Å². The van der Waals surface area contributed by atoms with Crippen LogP contribution in [0.2, 0.25) is 0 Å². The molecular weight excluding hydrogens is 322 g/mol. The highest BCUT2D eigenvalue weighted by Crippen LogP contribution is 2.28. The summed E-state index contributed by atoms with van der Waals surface area (Å²) in [5.74, 6) is 4.04. The number of hydrogen-bond acceptors (Lipinski definition) is 6. The van der Waals surface area contributed by atoms with Gasteiger partial charge in [-0.25, -0.2) is 15.0 Å². The van der Waals surface area contributed by atoms with E-state index in [1.807, 2.05) is 35.9 Å². The molecule has 24 heavy (non-hydrogen) atoms. The van der Waals surface area contributed by atoms with Crippen molar-refractivity contribution in [3.8, 4) is 17.1 Å². The first-order valence-electron chi connectivity index (χ1n) is 7.79. The van der Waals surface area contributed by atoms with E-state index in [1.165, 1.54) is 0 Å². The molecule has 7 heteroatoms. The summed E-state index contributed by atoms with van der Waals surface area (Å²) in [5.41, 5.74) is 2.60. The molecule has 2 heterocycles. The Balaban J connectivity index is 1.96. The number of fused-ring (bicyclic) bond motifs is 1. The molecule has 0 bridgehead atoms. The lowest BCUT2D eigenvalue weighted by atomic mass is 10.2. The van der Waals surface area contributed by atoms with Gasteiger partial charge < -0.3 is 14.0 Å². The van der Waals surface area contributed by atoms with E-state index < -0.39 is 0 Å². The van der Waals surface area contributed by atoms with Crippen LogP contribution in [0.3, 0.4) is 0 Å². The summed E-state index contributed by atoms with van der Waals surface area (Å²) in [4.78, 5) is 13.5. The minimum absolute atomic E-state index is 0.610. The van der Waals surface area contributed by atoms with Crippen LogP contribution in [0.1, 0.15) is 13.8 Å². The standard InChI is InChI=1S/C17H21N5OS/c1-11(2)9-24-21-15-14-17(19-10-18-15)22(3)16(20-14)12-5-7-13(23-4)8-6-12/h5-8,10-11H,9H2,1-4H3,(H,18,19,21). The maximum Gasteiger partial charge on any atom is 0.167 e. The van der Waals surface area contributed by atoms with Crippen molar-refractivity contribution in [2.45, 2.75) is 13.8 Å². The van der Waals surface area contributed by atoms with Crippen LogP contribution in [0.5, 0.6) is 5.75 Å². The van der Waals surface area contributed by atoms with Crippen molar-refractivity contribution in [1.82, 2.24) is 19.5 Å². The monoisotopic (exact) mass is 343 g/mol. The van der Waals surface area contributed by atoms with Crippen LogP contribution < -0.4 is 9.46 Å². The zero-order valence-electron chi connectivity index (χ0n) is 14.3. The van der Waals surface area contributed by atoms with Gasteiger partial charge in [-0.3, -0.25) is 0 Å². The van der Waals surface area contributed by atoms with E-state index >= 15 is 0 Å².